The number of hydrogen-bond donors (Lipinski definition) is 5. The maximum atomic E-state index is 12.0. The van der Waals surface area contributed by atoms with Gasteiger partial charge in [0.25, 0.3) is 0 Å². The van der Waals surface area contributed by atoms with Crippen LogP contribution in [0.2, 0.25) is 0 Å². The van der Waals surface area contributed by atoms with Crippen LogP contribution < -0.4 is 16.0 Å². The molecular formula is C18H34N4O5. The van der Waals surface area contributed by atoms with E-state index in [2.05, 4.69) is 16.0 Å². The van der Waals surface area contributed by atoms with Crippen LogP contribution in [0.25, 0.3) is 0 Å². The second-order valence-electron chi connectivity index (χ2n) is 7.74. The number of aliphatic hydroxyl groups is 2. The summed E-state index contributed by atoms with van der Waals surface area (Å²) in [6.45, 7) is 1.30. The Morgan fingerprint density at radius 2 is 1.70 bits per heavy atom. The normalized spacial score (nSPS) is 28.9. The minimum Gasteiger partial charge on any atom is -0.388 e. The lowest BCUT2D eigenvalue weighted by Gasteiger charge is -2.23. The van der Waals surface area contributed by atoms with E-state index >= 15 is 0 Å². The van der Waals surface area contributed by atoms with Crippen molar-refractivity contribution in [2.75, 3.05) is 33.7 Å². The molecule has 5 N–H and O–H groups in total. The molecule has 1 heterocycles. The number of carbonyl (C=O) groups is 2. The quantitative estimate of drug-likeness (QED) is 0.371. The number of ether oxygens (including phenoxy) is 1. The van der Waals surface area contributed by atoms with Gasteiger partial charge in [-0.25, -0.2) is 4.79 Å². The van der Waals surface area contributed by atoms with Crippen molar-refractivity contribution >= 4 is 11.9 Å². The molecule has 3 amide bonds. The Labute approximate surface area is 160 Å². The molecule has 1 saturated heterocycles. The molecule has 0 radical (unpaired) electrons. The Bertz CT molecular complexity index is 484. The van der Waals surface area contributed by atoms with Crippen molar-refractivity contribution in [3.8, 4) is 0 Å². The van der Waals surface area contributed by atoms with Crippen molar-refractivity contribution in [1.82, 2.24) is 20.9 Å². The number of rotatable bonds is 8. The zero-order chi connectivity index (χ0) is 19.8. The molecule has 0 bridgehead atoms. The highest BCUT2D eigenvalue weighted by molar-refractivity contribution is 5.76. The van der Waals surface area contributed by atoms with Crippen molar-refractivity contribution in [1.29, 1.82) is 0 Å². The molecular weight excluding hydrogens is 352 g/mol. The molecule has 4 atom stereocenters. The predicted molar refractivity (Wildman–Crippen MR) is 100 cm³/mol. The summed E-state index contributed by atoms with van der Waals surface area (Å²) >= 11 is 0. The average molecular weight is 386 g/mol. The number of likely N-dealkylation sites (N-methyl/N-ethyl adjacent to an activating group) is 1. The summed E-state index contributed by atoms with van der Waals surface area (Å²) in [6, 6.07) is -0.102. The first-order valence-corrected chi connectivity index (χ1v) is 9.84. The van der Waals surface area contributed by atoms with Crippen molar-refractivity contribution < 1.29 is 24.5 Å². The van der Waals surface area contributed by atoms with Gasteiger partial charge >= 0.3 is 6.03 Å². The molecule has 1 saturated carbocycles. The third-order valence-electron chi connectivity index (χ3n) is 5.13. The summed E-state index contributed by atoms with van der Waals surface area (Å²) in [5.41, 5.74) is 0. The molecule has 1 aliphatic carbocycles. The topological polar surface area (TPSA) is 123 Å². The van der Waals surface area contributed by atoms with Crippen LogP contribution in [0.15, 0.2) is 0 Å². The molecule has 27 heavy (non-hydrogen) atoms. The fraction of sp³-hybridized carbons (Fsp3) is 0.889. The molecule has 156 valence electrons. The Morgan fingerprint density at radius 3 is 2.37 bits per heavy atom. The van der Waals surface area contributed by atoms with Gasteiger partial charge in [-0.15, -0.1) is 0 Å². The van der Waals surface area contributed by atoms with Gasteiger partial charge in [0.05, 0.1) is 12.5 Å². The van der Waals surface area contributed by atoms with E-state index in [0.717, 1.165) is 25.7 Å². The van der Waals surface area contributed by atoms with E-state index in [1.807, 2.05) is 19.0 Å². The minimum absolute atomic E-state index is 0.0313. The van der Waals surface area contributed by atoms with Gasteiger partial charge in [-0.3, -0.25) is 4.79 Å². The van der Waals surface area contributed by atoms with Gasteiger partial charge in [0, 0.05) is 25.7 Å². The number of nitrogens with zero attached hydrogens (tertiary/aromatic N) is 1. The summed E-state index contributed by atoms with van der Waals surface area (Å²) in [4.78, 5) is 25.9. The van der Waals surface area contributed by atoms with E-state index in [1.165, 1.54) is 6.42 Å². The van der Waals surface area contributed by atoms with Crippen LogP contribution in [0.3, 0.4) is 0 Å². The summed E-state index contributed by atoms with van der Waals surface area (Å²) in [6.07, 6.45) is 1.58. The third-order valence-corrected chi connectivity index (χ3v) is 5.13. The number of amides is 3. The van der Waals surface area contributed by atoms with Crippen molar-refractivity contribution in [2.45, 2.75) is 69.0 Å². The summed E-state index contributed by atoms with van der Waals surface area (Å²) in [5.74, 6) is -0.239. The Kier molecular flexibility index (Phi) is 8.75. The highest BCUT2D eigenvalue weighted by Gasteiger charge is 2.43. The van der Waals surface area contributed by atoms with E-state index in [-0.39, 0.29) is 30.9 Å². The predicted octanol–water partition coefficient (Wildman–Crippen LogP) is -0.825. The monoisotopic (exact) mass is 386 g/mol. The summed E-state index contributed by atoms with van der Waals surface area (Å²) in [5, 5.41) is 28.6. The standard InChI is InChI=1S/C18H34N4O5/c1-22(2)9-8-19-15(23)10-13-16(24)17(25)14(27-13)11-20-18(26)21-12-6-4-3-5-7-12/h12-14,16-17,24-25H,3-11H2,1-2H3,(H,19,23)(H2,20,21,26)/t13-,14+,16-,17+/m0/s1. The van der Waals surface area contributed by atoms with E-state index in [0.29, 0.717) is 13.1 Å². The SMILES string of the molecule is CN(C)CCNC(=O)C[C@@H]1O[C@H](CNC(=O)NC2CCCCC2)[C@@H](O)[C@H]1O. The third kappa shape index (κ3) is 7.25. The van der Waals surface area contributed by atoms with Gasteiger partial charge in [0.1, 0.15) is 18.3 Å². The lowest BCUT2D eigenvalue weighted by atomic mass is 9.96. The molecule has 0 aromatic carbocycles. The second-order valence-corrected chi connectivity index (χ2v) is 7.74. The summed E-state index contributed by atoms with van der Waals surface area (Å²) in [7, 11) is 3.82. The Morgan fingerprint density at radius 1 is 1.04 bits per heavy atom. The van der Waals surface area contributed by atoms with Crippen molar-refractivity contribution in [2.24, 2.45) is 0 Å². The largest absolute Gasteiger partial charge is 0.388 e. The lowest BCUT2D eigenvalue weighted by molar-refractivity contribution is -0.125. The molecule has 0 spiro atoms. The molecule has 2 aliphatic rings. The van der Waals surface area contributed by atoms with E-state index in [9.17, 15) is 19.8 Å². The first-order chi connectivity index (χ1) is 12.9. The lowest BCUT2D eigenvalue weighted by Crippen LogP contribution is -2.47. The minimum atomic E-state index is -1.15. The van der Waals surface area contributed by atoms with E-state index in [4.69, 9.17) is 4.74 Å². The zero-order valence-corrected chi connectivity index (χ0v) is 16.3. The number of carbonyl (C=O) groups excluding carboxylic acids is 2. The van der Waals surface area contributed by atoms with Crippen LogP contribution in [0.4, 0.5) is 4.79 Å². The van der Waals surface area contributed by atoms with Crippen LogP contribution in [0.1, 0.15) is 38.5 Å². The fourth-order valence-electron chi connectivity index (χ4n) is 3.51. The highest BCUT2D eigenvalue weighted by Crippen LogP contribution is 2.23. The number of aliphatic hydroxyl groups excluding tert-OH is 2. The number of hydrogen-bond acceptors (Lipinski definition) is 6. The Balaban J connectivity index is 1.70. The maximum Gasteiger partial charge on any atom is 0.315 e. The van der Waals surface area contributed by atoms with E-state index in [1.54, 1.807) is 0 Å². The number of nitrogens with one attached hydrogen (secondary N) is 3. The van der Waals surface area contributed by atoms with Crippen molar-refractivity contribution in [3.05, 3.63) is 0 Å². The van der Waals surface area contributed by atoms with Crippen LogP contribution in [-0.2, 0) is 9.53 Å². The molecule has 0 aromatic heterocycles. The number of urea groups is 1. The molecule has 2 fully saturated rings. The first kappa shape index (κ1) is 21.9. The maximum absolute atomic E-state index is 12.0. The smallest absolute Gasteiger partial charge is 0.315 e. The molecule has 2 rings (SSSR count). The highest BCUT2D eigenvalue weighted by atomic mass is 16.5. The first-order valence-electron chi connectivity index (χ1n) is 9.84. The molecule has 9 heteroatoms. The van der Waals surface area contributed by atoms with Gasteiger partial charge in [-0.1, -0.05) is 19.3 Å². The van der Waals surface area contributed by atoms with Crippen LogP contribution in [0.5, 0.6) is 0 Å². The van der Waals surface area contributed by atoms with Gasteiger partial charge in [0.2, 0.25) is 5.91 Å². The van der Waals surface area contributed by atoms with Gasteiger partial charge in [-0.2, -0.15) is 0 Å². The van der Waals surface area contributed by atoms with Crippen LogP contribution in [0, 0.1) is 0 Å². The van der Waals surface area contributed by atoms with Crippen LogP contribution >= 0.6 is 0 Å². The molecule has 0 unspecified atom stereocenters. The summed E-state index contributed by atoms with van der Waals surface area (Å²) < 4.78 is 5.61. The van der Waals surface area contributed by atoms with E-state index < -0.39 is 24.4 Å². The van der Waals surface area contributed by atoms with Gasteiger partial charge in [-0.05, 0) is 26.9 Å². The Hall–Kier alpha value is -1.42. The fourth-order valence-corrected chi connectivity index (χ4v) is 3.51. The van der Waals surface area contributed by atoms with Crippen molar-refractivity contribution in [3.63, 3.8) is 0 Å². The second kappa shape index (κ2) is 10.8. The van der Waals surface area contributed by atoms with Crippen LogP contribution in [-0.4, -0.2) is 91.2 Å². The molecule has 9 nitrogen and oxygen atoms in total. The zero-order valence-electron chi connectivity index (χ0n) is 16.3. The molecule has 0 aromatic rings. The average Bonchev–Trinajstić information content (AvgIpc) is 2.88. The van der Waals surface area contributed by atoms with Gasteiger partial charge in [0.15, 0.2) is 0 Å². The molecule has 1 aliphatic heterocycles. The van der Waals surface area contributed by atoms with Gasteiger partial charge < -0.3 is 35.8 Å².